The topological polar surface area (TPSA) is 223 Å². The van der Waals surface area contributed by atoms with Gasteiger partial charge in [0.05, 0.1) is 21.6 Å². The second-order valence-electron chi connectivity index (χ2n) is 6.49. The van der Waals surface area contributed by atoms with Crippen molar-refractivity contribution in [1.82, 2.24) is 30.7 Å². The first-order chi connectivity index (χ1) is 16.4. The van der Waals surface area contributed by atoms with Crippen LogP contribution in [-0.2, 0) is 0 Å². The molecule has 0 aliphatic rings. The summed E-state index contributed by atoms with van der Waals surface area (Å²) < 4.78 is 5.65. The highest BCUT2D eigenvalue weighted by atomic mass is 16.6. The van der Waals surface area contributed by atoms with Crippen LogP contribution in [0.25, 0.3) is 17.1 Å². The lowest BCUT2D eigenvalue weighted by molar-refractivity contribution is -0.385. The van der Waals surface area contributed by atoms with Gasteiger partial charge in [-0.2, -0.15) is 9.78 Å². The number of nitro benzene ring substituents is 2. The molecule has 2 heterocycles. The average Bonchev–Trinajstić information content (AvgIpc) is 3.45. The fourth-order valence-electron chi connectivity index (χ4n) is 2.90. The standard InChI is InChI=1S/C18H12N10O6/c19-16-17(24-34-23-16)26-15(10-5-7-12(8-6-10)27(30)31)14(21-25-26)18(29)22-20-9-11-3-1-2-4-13(11)28(32)33/h1-9H,(H2,19,23)(H,22,29)/b20-9+. The van der Waals surface area contributed by atoms with Crippen LogP contribution in [0.15, 0.2) is 58.3 Å². The van der Waals surface area contributed by atoms with Gasteiger partial charge in [0.2, 0.25) is 11.6 Å². The lowest BCUT2D eigenvalue weighted by Crippen LogP contribution is -2.19. The Bertz CT molecular complexity index is 1430. The summed E-state index contributed by atoms with van der Waals surface area (Å²) >= 11 is 0. The van der Waals surface area contributed by atoms with E-state index in [4.69, 9.17) is 5.73 Å². The number of rotatable bonds is 7. The van der Waals surface area contributed by atoms with Crippen molar-refractivity contribution >= 4 is 29.3 Å². The Morgan fingerprint density at radius 2 is 1.82 bits per heavy atom. The lowest BCUT2D eigenvalue weighted by atomic mass is 10.1. The fourth-order valence-corrected chi connectivity index (χ4v) is 2.90. The van der Waals surface area contributed by atoms with Gasteiger partial charge in [-0.25, -0.2) is 10.1 Å². The minimum absolute atomic E-state index is 0.0655. The Morgan fingerprint density at radius 3 is 2.47 bits per heavy atom. The first-order valence-corrected chi connectivity index (χ1v) is 9.22. The van der Waals surface area contributed by atoms with Crippen LogP contribution >= 0.6 is 0 Å². The number of nitro groups is 2. The molecule has 0 aliphatic carbocycles. The van der Waals surface area contributed by atoms with Crippen molar-refractivity contribution in [2.45, 2.75) is 0 Å². The van der Waals surface area contributed by atoms with Crippen molar-refractivity contribution < 1.29 is 19.3 Å². The summed E-state index contributed by atoms with van der Waals surface area (Å²) in [5, 5.41) is 40.6. The smallest absolute Gasteiger partial charge is 0.294 e. The molecule has 0 bridgehead atoms. The van der Waals surface area contributed by atoms with Gasteiger partial charge in [0.1, 0.15) is 5.69 Å². The highest BCUT2D eigenvalue weighted by molar-refractivity contribution is 5.99. The molecule has 0 radical (unpaired) electrons. The normalized spacial score (nSPS) is 10.9. The van der Waals surface area contributed by atoms with E-state index >= 15 is 0 Å². The van der Waals surface area contributed by atoms with E-state index in [9.17, 15) is 25.0 Å². The van der Waals surface area contributed by atoms with E-state index in [1.807, 2.05) is 0 Å². The number of aromatic nitrogens is 5. The molecule has 0 saturated carbocycles. The molecule has 1 amide bonds. The number of carbonyl (C=O) groups is 1. The number of nitrogens with one attached hydrogen (secondary N) is 1. The molecule has 0 atom stereocenters. The average molecular weight is 464 g/mol. The van der Waals surface area contributed by atoms with E-state index in [2.05, 4.69) is 35.8 Å². The highest BCUT2D eigenvalue weighted by Crippen LogP contribution is 2.28. The second-order valence-corrected chi connectivity index (χ2v) is 6.49. The van der Waals surface area contributed by atoms with E-state index in [1.165, 1.54) is 42.5 Å². The Morgan fingerprint density at radius 1 is 1.09 bits per heavy atom. The number of hydrogen-bond donors (Lipinski definition) is 2. The molecule has 170 valence electrons. The number of nitrogen functional groups attached to an aromatic ring is 1. The molecule has 2 aromatic heterocycles. The first kappa shape index (κ1) is 21.7. The van der Waals surface area contributed by atoms with Crippen molar-refractivity contribution in [2.24, 2.45) is 5.10 Å². The summed E-state index contributed by atoms with van der Waals surface area (Å²) in [6.45, 7) is 0. The van der Waals surface area contributed by atoms with Gasteiger partial charge in [0, 0.05) is 23.8 Å². The Kier molecular flexibility index (Phi) is 5.68. The molecular weight excluding hydrogens is 452 g/mol. The third-order valence-electron chi connectivity index (χ3n) is 4.44. The third-order valence-corrected chi connectivity index (χ3v) is 4.44. The SMILES string of the molecule is Nc1nonc1-n1nnc(C(=O)N/N=C/c2ccccc2[N+](=O)[O-])c1-c1ccc([N+](=O)[O-])cc1. The molecular formula is C18H12N10O6. The van der Waals surface area contributed by atoms with Crippen LogP contribution in [0.1, 0.15) is 16.1 Å². The van der Waals surface area contributed by atoms with E-state index < -0.39 is 15.8 Å². The van der Waals surface area contributed by atoms with E-state index in [-0.39, 0.29) is 40.0 Å². The number of nitrogens with two attached hydrogens (primary N) is 1. The number of hydrogen-bond acceptors (Lipinski definition) is 12. The molecule has 34 heavy (non-hydrogen) atoms. The zero-order valence-corrected chi connectivity index (χ0v) is 16.8. The third kappa shape index (κ3) is 4.13. The van der Waals surface area contributed by atoms with Gasteiger partial charge < -0.3 is 5.73 Å². The predicted molar refractivity (Wildman–Crippen MR) is 114 cm³/mol. The van der Waals surface area contributed by atoms with Crippen molar-refractivity contribution in [2.75, 3.05) is 5.73 Å². The summed E-state index contributed by atoms with van der Waals surface area (Å²) in [6.07, 6.45) is 1.10. The van der Waals surface area contributed by atoms with Crippen LogP contribution in [0.2, 0.25) is 0 Å². The van der Waals surface area contributed by atoms with Crippen LogP contribution in [0.5, 0.6) is 0 Å². The van der Waals surface area contributed by atoms with Crippen molar-refractivity contribution in [3.8, 4) is 17.1 Å². The Hall–Kier alpha value is -5.54. The van der Waals surface area contributed by atoms with Crippen LogP contribution in [-0.4, -0.2) is 47.3 Å². The van der Waals surface area contributed by atoms with Crippen molar-refractivity contribution in [1.29, 1.82) is 0 Å². The van der Waals surface area contributed by atoms with Crippen LogP contribution < -0.4 is 11.2 Å². The monoisotopic (exact) mass is 464 g/mol. The maximum absolute atomic E-state index is 12.8. The molecule has 0 unspecified atom stereocenters. The van der Waals surface area contributed by atoms with Crippen molar-refractivity contribution in [3.63, 3.8) is 0 Å². The van der Waals surface area contributed by atoms with E-state index in [0.29, 0.717) is 5.56 Å². The zero-order valence-electron chi connectivity index (χ0n) is 16.8. The fraction of sp³-hybridized carbons (Fsp3) is 0. The zero-order chi connectivity index (χ0) is 24.2. The molecule has 4 aromatic rings. The number of para-hydroxylation sites is 1. The quantitative estimate of drug-likeness (QED) is 0.226. The number of carbonyl (C=O) groups excluding carboxylic acids is 1. The minimum Gasteiger partial charge on any atom is -0.378 e. The number of hydrazone groups is 1. The van der Waals surface area contributed by atoms with Gasteiger partial charge in [0.25, 0.3) is 17.3 Å². The van der Waals surface area contributed by atoms with Crippen LogP contribution in [0.3, 0.4) is 0 Å². The molecule has 0 spiro atoms. The van der Waals surface area contributed by atoms with Gasteiger partial charge in [-0.1, -0.05) is 17.3 Å². The largest absolute Gasteiger partial charge is 0.378 e. The summed E-state index contributed by atoms with van der Waals surface area (Å²) in [4.78, 5) is 33.7. The van der Waals surface area contributed by atoms with Crippen LogP contribution in [0.4, 0.5) is 17.2 Å². The summed E-state index contributed by atoms with van der Waals surface area (Å²) in [5.74, 6) is -1.04. The summed E-state index contributed by atoms with van der Waals surface area (Å²) in [6, 6.07) is 11.0. The van der Waals surface area contributed by atoms with Crippen molar-refractivity contribution in [3.05, 3.63) is 80.0 Å². The molecule has 0 fully saturated rings. The van der Waals surface area contributed by atoms with Gasteiger partial charge in [0.15, 0.2) is 5.69 Å². The van der Waals surface area contributed by atoms with Gasteiger partial charge >= 0.3 is 0 Å². The van der Waals surface area contributed by atoms with Gasteiger partial charge in [-0.05, 0) is 28.5 Å². The molecule has 0 aliphatic heterocycles. The Labute approximate surface area is 187 Å². The maximum Gasteiger partial charge on any atom is 0.294 e. The van der Waals surface area contributed by atoms with E-state index in [1.54, 1.807) is 6.07 Å². The molecule has 0 saturated heterocycles. The molecule has 16 heteroatoms. The minimum atomic E-state index is -0.829. The van der Waals surface area contributed by atoms with E-state index in [0.717, 1.165) is 10.9 Å². The van der Waals surface area contributed by atoms with Gasteiger partial charge in [-0.3, -0.25) is 25.0 Å². The summed E-state index contributed by atoms with van der Waals surface area (Å²) in [7, 11) is 0. The number of amides is 1. The molecule has 2 aromatic carbocycles. The molecule has 3 N–H and O–H groups in total. The molecule has 4 rings (SSSR count). The number of benzene rings is 2. The first-order valence-electron chi connectivity index (χ1n) is 9.22. The number of nitrogens with zero attached hydrogens (tertiary/aromatic N) is 8. The van der Waals surface area contributed by atoms with Crippen LogP contribution in [0, 0.1) is 20.2 Å². The predicted octanol–water partition coefficient (Wildman–Crippen LogP) is 1.48. The lowest BCUT2D eigenvalue weighted by Gasteiger charge is -2.05. The second kappa shape index (κ2) is 8.91. The molecule has 16 nitrogen and oxygen atoms in total. The number of non-ortho nitro benzene ring substituents is 1. The number of anilines is 1. The Balaban J connectivity index is 1.70. The summed E-state index contributed by atoms with van der Waals surface area (Å²) in [5.41, 5.74) is 7.87. The van der Waals surface area contributed by atoms with Gasteiger partial charge in [-0.15, -0.1) is 5.10 Å². The maximum atomic E-state index is 12.8. The highest BCUT2D eigenvalue weighted by Gasteiger charge is 2.25.